The second kappa shape index (κ2) is 9.98. The van der Waals surface area contributed by atoms with Crippen molar-refractivity contribution in [1.29, 1.82) is 0 Å². The maximum atomic E-state index is 12.6. The fourth-order valence-corrected chi connectivity index (χ4v) is 4.35. The highest BCUT2D eigenvalue weighted by Crippen LogP contribution is 2.24. The molecule has 0 fully saturated rings. The van der Waals surface area contributed by atoms with Crippen molar-refractivity contribution < 1.29 is 13.2 Å². The summed E-state index contributed by atoms with van der Waals surface area (Å²) in [6, 6.07) is 16.6. The van der Waals surface area contributed by atoms with E-state index in [4.69, 9.17) is 10.9 Å². The number of nitrogens with one attached hydrogen (secondary N) is 1. The summed E-state index contributed by atoms with van der Waals surface area (Å²) in [4.78, 5) is 28.5. The first kappa shape index (κ1) is 23.5. The zero-order chi connectivity index (χ0) is 23.3. The molecule has 0 aliphatic heterocycles. The predicted molar refractivity (Wildman–Crippen MR) is 125 cm³/mol. The van der Waals surface area contributed by atoms with Gasteiger partial charge >= 0.3 is 0 Å². The molecule has 11 heteroatoms. The number of amides is 1. The maximum absolute atomic E-state index is 12.6. The topological polar surface area (TPSA) is 150 Å². The SMILES string of the molecule is C[C@H](Sc1nc(=O)cc(N)n1CCc1ccccc1)C(=O)Nc1ccc(S(N)(=O)=O)cc1. The molecule has 3 rings (SSSR count). The van der Waals surface area contributed by atoms with E-state index in [2.05, 4.69) is 10.3 Å². The number of sulfonamides is 1. The molecule has 1 atom stereocenters. The van der Waals surface area contributed by atoms with Crippen LogP contribution in [0.1, 0.15) is 12.5 Å². The van der Waals surface area contributed by atoms with Crippen molar-refractivity contribution in [1.82, 2.24) is 9.55 Å². The van der Waals surface area contributed by atoms with Gasteiger partial charge in [0, 0.05) is 18.3 Å². The van der Waals surface area contributed by atoms with Crippen molar-refractivity contribution in [2.45, 2.75) is 35.2 Å². The van der Waals surface area contributed by atoms with Crippen molar-refractivity contribution >= 4 is 39.2 Å². The Morgan fingerprint density at radius 2 is 1.81 bits per heavy atom. The van der Waals surface area contributed by atoms with Gasteiger partial charge in [-0.15, -0.1) is 0 Å². The van der Waals surface area contributed by atoms with Crippen LogP contribution >= 0.6 is 11.8 Å². The molecule has 0 aliphatic rings. The number of nitrogen functional groups attached to an aromatic ring is 1. The zero-order valence-electron chi connectivity index (χ0n) is 17.3. The normalized spacial score (nSPS) is 12.3. The summed E-state index contributed by atoms with van der Waals surface area (Å²) in [5, 5.41) is 7.52. The van der Waals surface area contributed by atoms with Crippen LogP contribution in [-0.4, -0.2) is 29.1 Å². The van der Waals surface area contributed by atoms with E-state index in [1.807, 2.05) is 30.3 Å². The van der Waals surface area contributed by atoms with E-state index in [9.17, 15) is 18.0 Å². The number of hydrogen-bond acceptors (Lipinski definition) is 7. The Labute approximate surface area is 189 Å². The minimum Gasteiger partial charge on any atom is -0.385 e. The number of carbonyl (C=O) groups excluding carboxylic acids is 1. The average molecular weight is 474 g/mol. The first-order valence-electron chi connectivity index (χ1n) is 9.65. The summed E-state index contributed by atoms with van der Waals surface area (Å²) < 4.78 is 24.4. The van der Waals surface area contributed by atoms with E-state index in [0.29, 0.717) is 23.8 Å². The Morgan fingerprint density at radius 3 is 2.44 bits per heavy atom. The highest BCUT2D eigenvalue weighted by atomic mass is 32.2. The molecule has 32 heavy (non-hydrogen) atoms. The maximum Gasteiger partial charge on any atom is 0.275 e. The first-order chi connectivity index (χ1) is 15.1. The van der Waals surface area contributed by atoms with Crippen molar-refractivity contribution in [2.75, 3.05) is 11.1 Å². The van der Waals surface area contributed by atoms with E-state index in [0.717, 1.165) is 17.3 Å². The minimum absolute atomic E-state index is 0.0516. The Morgan fingerprint density at radius 1 is 1.16 bits per heavy atom. The van der Waals surface area contributed by atoms with Crippen LogP contribution < -0.4 is 21.7 Å². The van der Waals surface area contributed by atoms with E-state index in [-0.39, 0.29) is 16.6 Å². The third-order valence-electron chi connectivity index (χ3n) is 4.59. The number of carbonyl (C=O) groups is 1. The summed E-state index contributed by atoms with van der Waals surface area (Å²) in [6.07, 6.45) is 0.681. The van der Waals surface area contributed by atoms with Crippen molar-refractivity contribution in [2.24, 2.45) is 5.14 Å². The van der Waals surface area contributed by atoms with Gasteiger partial charge in [-0.3, -0.25) is 9.59 Å². The molecule has 3 aromatic rings. The van der Waals surface area contributed by atoms with Crippen LogP contribution in [-0.2, 0) is 27.8 Å². The molecule has 2 aromatic carbocycles. The van der Waals surface area contributed by atoms with Gasteiger partial charge < -0.3 is 15.6 Å². The second-order valence-electron chi connectivity index (χ2n) is 7.01. The third-order valence-corrected chi connectivity index (χ3v) is 6.61. The molecule has 0 spiro atoms. The van der Waals surface area contributed by atoms with Crippen LogP contribution in [0.25, 0.3) is 0 Å². The fraction of sp³-hybridized carbons (Fsp3) is 0.190. The highest BCUT2D eigenvalue weighted by molar-refractivity contribution is 8.00. The molecule has 0 aliphatic carbocycles. The molecule has 168 valence electrons. The predicted octanol–water partition coefficient (Wildman–Crippen LogP) is 1.83. The van der Waals surface area contributed by atoms with Crippen molar-refractivity contribution in [3.8, 4) is 0 Å². The molecule has 0 saturated heterocycles. The Balaban J connectivity index is 1.72. The Bertz CT molecular complexity index is 1260. The summed E-state index contributed by atoms with van der Waals surface area (Å²) in [7, 11) is -3.81. The molecule has 0 unspecified atom stereocenters. The highest BCUT2D eigenvalue weighted by Gasteiger charge is 2.19. The van der Waals surface area contributed by atoms with Gasteiger partial charge in [-0.2, -0.15) is 4.98 Å². The number of benzene rings is 2. The van der Waals surface area contributed by atoms with E-state index >= 15 is 0 Å². The van der Waals surface area contributed by atoms with Crippen LogP contribution in [0.3, 0.4) is 0 Å². The minimum atomic E-state index is -3.81. The van der Waals surface area contributed by atoms with Gasteiger partial charge in [-0.25, -0.2) is 13.6 Å². The molecule has 9 nitrogen and oxygen atoms in total. The number of rotatable bonds is 8. The molecule has 1 aromatic heterocycles. The standard InChI is InChI=1S/C21H23N5O4S2/c1-14(20(28)24-16-7-9-17(10-8-16)32(23,29)30)31-21-25-19(27)13-18(22)26(21)12-11-15-5-3-2-4-6-15/h2-10,13-14H,11-12,22H2,1H3,(H,24,28)(H2,23,29,30)/t14-/m0/s1. The third kappa shape index (κ3) is 6.19. The summed E-state index contributed by atoms with van der Waals surface area (Å²) in [6.45, 7) is 2.17. The molecule has 1 amide bonds. The number of anilines is 2. The average Bonchev–Trinajstić information content (AvgIpc) is 2.73. The number of nitrogens with zero attached hydrogens (tertiary/aromatic N) is 2. The van der Waals surface area contributed by atoms with Crippen LogP contribution in [0.4, 0.5) is 11.5 Å². The van der Waals surface area contributed by atoms with Crippen LogP contribution in [0.2, 0.25) is 0 Å². The number of nitrogens with two attached hydrogens (primary N) is 2. The number of primary sulfonamides is 1. The van der Waals surface area contributed by atoms with Gasteiger partial charge in [0.2, 0.25) is 15.9 Å². The number of aromatic nitrogens is 2. The lowest BCUT2D eigenvalue weighted by molar-refractivity contribution is -0.115. The Hall–Kier alpha value is -3.15. The van der Waals surface area contributed by atoms with Crippen LogP contribution in [0.5, 0.6) is 0 Å². The van der Waals surface area contributed by atoms with Crippen LogP contribution in [0, 0.1) is 0 Å². The molecule has 5 N–H and O–H groups in total. The quantitative estimate of drug-likeness (QED) is 0.334. The smallest absolute Gasteiger partial charge is 0.275 e. The van der Waals surface area contributed by atoms with Crippen LogP contribution in [0.15, 0.2) is 75.5 Å². The number of aryl methyl sites for hydroxylation is 1. The largest absolute Gasteiger partial charge is 0.385 e. The van der Waals surface area contributed by atoms with Gasteiger partial charge in [0.05, 0.1) is 10.1 Å². The molecular weight excluding hydrogens is 450 g/mol. The fourth-order valence-electron chi connectivity index (χ4n) is 2.89. The Kier molecular flexibility index (Phi) is 7.33. The molecule has 0 radical (unpaired) electrons. The monoisotopic (exact) mass is 473 g/mol. The van der Waals surface area contributed by atoms with E-state index in [1.165, 1.54) is 30.3 Å². The zero-order valence-corrected chi connectivity index (χ0v) is 18.9. The van der Waals surface area contributed by atoms with Gasteiger partial charge in [0.25, 0.3) is 5.56 Å². The van der Waals surface area contributed by atoms with Gasteiger partial charge in [0.15, 0.2) is 5.16 Å². The lowest BCUT2D eigenvalue weighted by atomic mass is 10.1. The molecule has 0 saturated carbocycles. The summed E-state index contributed by atoms with van der Waals surface area (Å²) in [5.74, 6) is -0.0701. The van der Waals surface area contributed by atoms with E-state index < -0.39 is 20.8 Å². The van der Waals surface area contributed by atoms with Crippen molar-refractivity contribution in [3.05, 3.63) is 76.6 Å². The summed E-state index contributed by atoms with van der Waals surface area (Å²) in [5.41, 5.74) is 7.10. The molecule has 1 heterocycles. The van der Waals surface area contributed by atoms with E-state index in [1.54, 1.807) is 11.5 Å². The second-order valence-corrected chi connectivity index (χ2v) is 9.88. The lowest BCUT2D eigenvalue weighted by Crippen LogP contribution is -2.25. The van der Waals surface area contributed by atoms with Gasteiger partial charge in [-0.05, 0) is 43.2 Å². The molecule has 0 bridgehead atoms. The molecular formula is C21H23N5O4S2. The number of thioether (sulfide) groups is 1. The lowest BCUT2D eigenvalue weighted by Gasteiger charge is -2.17. The number of hydrogen-bond donors (Lipinski definition) is 3. The van der Waals surface area contributed by atoms with Gasteiger partial charge in [-0.1, -0.05) is 42.1 Å². The first-order valence-corrected chi connectivity index (χ1v) is 12.1. The van der Waals surface area contributed by atoms with Gasteiger partial charge in [0.1, 0.15) is 5.82 Å². The van der Waals surface area contributed by atoms with Crippen molar-refractivity contribution in [3.63, 3.8) is 0 Å². The summed E-state index contributed by atoms with van der Waals surface area (Å²) >= 11 is 1.11.